The van der Waals surface area contributed by atoms with Crippen molar-refractivity contribution in [3.05, 3.63) is 28.8 Å². The predicted octanol–water partition coefficient (Wildman–Crippen LogP) is 2.30. The van der Waals surface area contributed by atoms with Gasteiger partial charge in [0.1, 0.15) is 4.90 Å². The minimum Gasteiger partial charge on any atom is -0.349 e. The minimum absolute atomic E-state index is 0.0253. The SMILES string of the molecule is CON(C)S(=O)(=O)c1cc(C(=O)NC(C)C(C)C)ccc1Cl. The molecule has 0 saturated heterocycles. The smallest absolute Gasteiger partial charge is 0.266 e. The zero-order valence-electron chi connectivity index (χ0n) is 13.3. The van der Waals surface area contributed by atoms with E-state index in [0.717, 1.165) is 0 Å². The average Bonchev–Trinajstić information content (AvgIpc) is 2.46. The summed E-state index contributed by atoms with van der Waals surface area (Å²) >= 11 is 5.95. The lowest BCUT2D eigenvalue weighted by Crippen LogP contribution is -2.36. The van der Waals surface area contributed by atoms with E-state index >= 15 is 0 Å². The molecule has 124 valence electrons. The Morgan fingerprint density at radius 3 is 2.41 bits per heavy atom. The first kappa shape index (κ1) is 18.9. The first-order valence-corrected chi connectivity index (χ1v) is 8.56. The standard InChI is InChI=1S/C14H21ClN2O4S/c1-9(2)10(3)16-14(18)11-6-7-12(15)13(8-11)22(19,20)17(4)21-5/h6-10H,1-5H3,(H,16,18). The van der Waals surface area contributed by atoms with Gasteiger partial charge in [0.25, 0.3) is 15.9 Å². The van der Waals surface area contributed by atoms with Gasteiger partial charge in [-0.1, -0.05) is 29.9 Å². The summed E-state index contributed by atoms with van der Waals surface area (Å²) in [7, 11) is -1.44. The first-order valence-electron chi connectivity index (χ1n) is 6.74. The van der Waals surface area contributed by atoms with E-state index in [4.69, 9.17) is 16.4 Å². The highest BCUT2D eigenvalue weighted by atomic mass is 35.5. The van der Waals surface area contributed by atoms with Gasteiger partial charge in [0, 0.05) is 18.7 Å². The molecule has 0 radical (unpaired) electrons. The van der Waals surface area contributed by atoms with Crippen molar-refractivity contribution < 1.29 is 18.0 Å². The summed E-state index contributed by atoms with van der Waals surface area (Å²) in [5.74, 6) is -0.0894. The molecule has 0 aliphatic carbocycles. The third kappa shape index (κ3) is 4.19. The monoisotopic (exact) mass is 348 g/mol. The quantitative estimate of drug-likeness (QED) is 0.800. The molecule has 1 atom stereocenters. The molecular weight excluding hydrogens is 328 g/mol. The number of sulfonamides is 1. The molecule has 0 aromatic heterocycles. The van der Waals surface area contributed by atoms with Crippen molar-refractivity contribution in [3.63, 3.8) is 0 Å². The van der Waals surface area contributed by atoms with Crippen LogP contribution in [0.2, 0.25) is 5.02 Å². The van der Waals surface area contributed by atoms with Crippen molar-refractivity contribution in [2.45, 2.75) is 31.7 Å². The third-order valence-electron chi connectivity index (χ3n) is 3.43. The fraction of sp³-hybridized carbons (Fsp3) is 0.500. The number of halogens is 1. The summed E-state index contributed by atoms with van der Waals surface area (Å²) < 4.78 is 25.2. The molecule has 8 heteroatoms. The highest BCUT2D eigenvalue weighted by Gasteiger charge is 2.25. The van der Waals surface area contributed by atoms with Gasteiger partial charge in [0.05, 0.1) is 12.1 Å². The van der Waals surface area contributed by atoms with Crippen LogP contribution in [-0.4, -0.2) is 39.0 Å². The Morgan fingerprint density at radius 2 is 1.91 bits per heavy atom. The van der Waals surface area contributed by atoms with Crippen LogP contribution in [0.15, 0.2) is 23.1 Å². The Morgan fingerprint density at radius 1 is 1.32 bits per heavy atom. The first-order chi connectivity index (χ1) is 10.1. The van der Waals surface area contributed by atoms with Crippen LogP contribution >= 0.6 is 11.6 Å². The van der Waals surface area contributed by atoms with Crippen molar-refractivity contribution in [1.29, 1.82) is 0 Å². The highest BCUT2D eigenvalue weighted by molar-refractivity contribution is 7.89. The molecule has 0 aliphatic heterocycles. The van der Waals surface area contributed by atoms with Gasteiger partial charge in [0.2, 0.25) is 0 Å². The Balaban J connectivity index is 3.18. The normalized spacial score (nSPS) is 13.5. The van der Waals surface area contributed by atoms with Gasteiger partial charge in [-0.05, 0) is 31.0 Å². The number of carbonyl (C=O) groups excluding carboxylic acids is 1. The second-order valence-corrected chi connectivity index (χ2v) is 7.56. The fourth-order valence-corrected chi connectivity index (χ4v) is 3.01. The Kier molecular flexibility index (Phi) is 6.37. The summed E-state index contributed by atoms with van der Waals surface area (Å²) in [5, 5.41) is 2.84. The number of benzene rings is 1. The second-order valence-electron chi connectivity index (χ2n) is 5.25. The van der Waals surface area contributed by atoms with Crippen molar-refractivity contribution in [2.75, 3.05) is 14.2 Å². The molecule has 0 spiro atoms. The predicted molar refractivity (Wildman–Crippen MR) is 85.2 cm³/mol. The maximum absolute atomic E-state index is 12.3. The zero-order valence-corrected chi connectivity index (χ0v) is 14.8. The van der Waals surface area contributed by atoms with Gasteiger partial charge in [-0.3, -0.25) is 9.63 Å². The molecule has 1 unspecified atom stereocenters. The topological polar surface area (TPSA) is 75.7 Å². The summed E-state index contributed by atoms with van der Waals surface area (Å²) in [6.07, 6.45) is 0. The van der Waals surface area contributed by atoms with Crippen LogP contribution in [0.25, 0.3) is 0 Å². The van der Waals surface area contributed by atoms with E-state index in [1.165, 1.54) is 32.4 Å². The van der Waals surface area contributed by atoms with E-state index in [9.17, 15) is 13.2 Å². The number of hydrogen-bond donors (Lipinski definition) is 1. The van der Waals surface area contributed by atoms with Crippen LogP contribution in [0.1, 0.15) is 31.1 Å². The Hall–Kier alpha value is -1.15. The molecule has 1 amide bonds. The number of nitrogens with one attached hydrogen (secondary N) is 1. The van der Waals surface area contributed by atoms with Crippen molar-refractivity contribution in [3.8, 4) is 0 Å². The van der Waals surface area contributed by atoms with Crippen LogP contribution in [0, 0.1) is 5.92 Å². The fourth-order valence-electron chi connectivity index (χ4n) is 1.54. The summed E-state index contributed by atoms with van der Waals surface area (Å²) in [4.78, 5) is 16.7. The molecule has 1 rings (SSSR count). The van der Waals surface area contributed by atoms with E-state index in [1.54, 1.807) is 0 Å². The molecule has 22 heavy (non-hydrogen) atoms. The molecule has 0 fully saturated rings. The molecule has 1 N–H and O–H groups in total. The van der Waals surface area contributed by atoms with E-state index < -0.39 is 10.0 Å². The average molecular weight is 349 g/mol. The van der Waals surface area contributed by atoms with Crippen LogP contribution in [-0.2, 0) is 14.9 Å². The second kappa shape index (κ2) is 7.41. The van der Waals surface area contributed by atoms with Gasteiger partial charge in [-0.25, -0.2) is 8.42 Å². The van der Waals surface area contributed by atoms with E-state index in [-0.39, 0.29) is 33.3 Å². The summed E-state index contributed by atoms with van der Waals surface area (Å²) in [6.45, 7) is 5.85. The number of hydrogen-bond acceptors (Lipinski definition) is 4. The van der Waals surface area contributed by atoms with Crippen LogP contribution in [0.5, 0.6) is 0 Å². The van der Waals surface area contributed by atoms with Crippen molar-refractivity contribution in [1.82, 2.24) is 9.79 Å². The lowest BCUT2D eigenvalue weighted by Gasteiger charge is -2.18. The zero-order chi connectivity index (χ0) is 17.1. The van der Waals surface area contributed by atoms with Crippen LogP contribution in [0.3, 0.4) is 0 Å². The lowest BCUT2D eigenvalue weighted by molar-refractivity contribution is -0.0258. The molecule has 1 aromatic rings. The van der Waals surface area contributed by atoms with Crippen molar-refractivity contribution in [2.24, 2.45) is 5.92 Å². The number of hydroxylamine groups is 1. The molecule has 0 saturated carbocycles. The third-order valence-corrected chi connectivity index (χ3v) is 5.59. The number of carbonyl (C=O) groups is 1. The van der Waals surface area contributed by atoms with Gasteiger partial charge in [-0.2, -0.15) is 0 Å². The van der Waals surface area contributed by atoms with E-state index in [1.807, 2.05) is 20.8 Å². The maximum Gasteiger partial charge on any atom is 0.266 e. The Bertz CT molecular complexity index is 646. The Labute approximate surface area is 136 Å². The molecule has 6 nitrogen and oxygen atoms in total. The molecule has 0 heterocycles. The van der Waals surface area contributed by atoms with Crippen LogP contribution < -0.4 is 5.32 Å². The van der Waals surface area contributed by atoms with Gasteiger partial charge >= 0.3 is 0 Å². The minimum atomic E-state index is -3.92. The van der Waals surface area contributed by atoms with Gasteiger partial charge in [0.15, 0.2) is 0 Å². The number of amides is 1. The maximum atomic E-state index is 12.3. The molecule has 0 aliphatic rings. The number of rotatable bonds is 6. The number of nitrogens with zero attached hydrogens (tertiary/aromatic N) is 1. The lowest BCUT2D eigenvalue weighted by atomic mass is 10.1. The molecule has 1 aromatic carbocycles. The van der Waals surface area contributed by atoms with Gasteiger partial charge < -0.3 is 5.32 Å². The van der Waals surface area contributed by atoms with E-state index in [2.05, 4.69) is 5.32 Å². The summed E-state index contributed by atoms with van der Waals surface area (Å²) in [5.41, 5.74) is 0.222. The molecule has 0 bridgehead atoms. The highest BCUT2D eigenvalue weighted by Crippen LogP contribution is 2.25. The summed E-state index contributed by atoms with van der Waals surface area (Å²) in [6, 6.07) is 4.07. The van der Waals surface area contributed by atoms with Gasteiger partial charge in [-0.15, -0.1) is 0 Å². The van der Waals surface area contributed by atoms with Crippen LogP contribution in [0.4, 0.5) is 0 Å². The largest absolute Gasteiger partial charge is 0.349 e. The van der Waals surface area contributed by atoms with E-state index in [0.29, 0.717) is 4.47 Å². The van der Waals surface area contributed by atoms with Crippen molar-refractivity contribution >= 4 is 27.5 Å². The molecular formula is C14H21ClN2O4S.